The number of hydrogen-bond donors (Lipinski definition) is 1. The van der Waals surface area contributed by atoms with E-state index in [0.717, 1.165) is 11.3 Å². The molecule has 0 unspecified atom stereocenters. The Morgan fingerprint density at radius 2 is 1.58 bits per heavy atom. The Bertz CT molecular complexity index is 1040. The number of hydrogen-bond acceptors (Lipinski definition) is 5. The summed E-state index contributed by atoms with van der Waals surface area (Å²) in [5.74, 6) is 3.88. The highest BCUT2D eigenvalue weighted by molar-refractivity contribution is 5.85. The number of rotatable bonds is 10. The van der Waals surface area contributed by atoms with Crippen molar-refractivity contribution in [2.45, 2.75) is 6.61 Å². The average molecular weight is 414 g/mol. The average Bonchev–Trinajstić information content (AvgIpc) is 2.82. The van der Waals surface area contributed by atoms with Crippen molar-refractivity contribution in [3.8, 4) is 29.6 Å². The number of carbonyl (C=O) groups is 1. The van der Waals surface area contributed by atoms with E-state index >= 15 is 0 Å². The molecule has 1 amide bonds. The standard InChI is InChI=1S/C25H22N2O4/c1-2-16-29-24-11-7-6-10-21(24)17-26-27-25(28)19-31-23-14-12-22(13-15-23)30-18-20-8-4-3-5-9-20/h1,3-15,17H,16,18-19H2,(H,27,28)/b26-17+. The molecule has 0 saturated heterocycles. The molecule has 1 N–H and O–H groups in total. The highest BCUT2D eigenvalue weighted by atomic mass is 16.5. The normalized spacial score (nSPS) is 10.3. The number of para-hydroxylation sites is 1. The van der Waals surface area contributed by atoms with Crippen molar-refractivity contribution in [2.75, 3.05) is 13.2 Å². The van der Waals surface area contributed by atoms with Gasteiger partial charge in [0.05, 0.1) is 6.21 Å². The molecule has 3 aromatic carbocycles. The van der Waals surface area contributed by atoms with Crippen LogP contribution in [0.3, 0.4) is 0 Å². The van der Waals surface area contributed by atoms with Gasteiger partial charge in [-0.1, -0.05) is 48.4 Å². The second-order valence-corrected chi connectivity index (χ2v) is 6.36. The predicted molar refractivity (Wildman–Crippen MR) is 119 cm³/mol. The topological polar surface area (TPSA) is 69.2 Å². The van der Waals surface area contributed by atoms with Crippen LogP contribution in [-0.4, -0.2) is 25.3 Å². The highest BCUT2D eigenvalue weighted by Crippen LogP contribution is 2.19. The fourth-order valence-electron chi connectivity index (χ4n) is 2.57. The van der Waals surface area contributed by atoms with Crippen LogP contribution in [0.5, 0.6) is 17.2 Å². The third kappa shape index (κ3) is 7.26. The SMILES string of the molecule is C#CCOc1ccccc1/C=N/NC(=O)COc1ccc(OCc2ccccc2)cc1. The molecule has 6 heteroatoms. The molecule has 3 aromatic rings. The lowest BCUT2D eigenvalue weighted by molar-refractivity contribution is -0.123. The molecule has 0 spiro atoms. The minimum atomic E-state index is -0.386. The molecule has 0 saturated carbocycles. The molecule has 0 bridgehead atoms. The molecule has 0 aliphatic heterocycles. The first kappa shape index (κ1) is 21.5. The first-order valence-electron chi connectivity index (χ1n) is 9.61. The van der Waals surface area contributed by atoms with Gasteiger partial charge in [-0.15, -0.1) is 6.42 Å². The Hall–Kier alpha value is -4.24. The van der Waals surface area contributed by atoms with Crippen LogP contribution in [0.15, 0.2) is 84.0 Å². The van der Waals surface area contributed by atoms with E-state index in [0.29, 0.717) is 23.7 Å². The second kappa shape index (κ2) is 11.7. The molecule has 0 aromatic heterocycles. The summed E-state index contributed by atoms with van der Waals surface area (Å²) < 4.78 is 16.6. The van der Waals surface area contributed by atoms with E-state index in [9.17, 15) is 4.79 Å². The van der Waals surface area contributed by atoms with Gasteiger partial charge in [0.1, 0.15) is 30.5 Å². The zero-order chi connectivity index (χ0) is 21.7. The lowest BCUT2D eigenvalue weighted by Crippen LogP contribution is -2.24. The van der Waals surface area contributed by atoms with Crippen LogP contribution in [0, 0.1) is 12.3 Å². The Balaban J connectivity index is 1.42. The maximum absolute atomic E-state index is 12.0. The summed E-state index contributed by atoms with van der Waals surface area (Å²) in [6.45, 7) is 0.469. The Morgan fingerprint density at radius 1 is 0.903 bits per heavy atom. The van der Waals surface area contributed by atoms with Crippen LogP contribution in [0.1, 0.15) is 11.1 Å². The van der Waals surface area contributed by atoms with Crippen molar-refractivity contribution < 1.29 is 19.0 Å². The number of terminal acetylenes is 1. The van der Waals surface area contributed by atoms with Crippen LogP contribution in [-0.2, 0) is 11.4 Å². The first-order chi connectivity index (χ1) is 15.2. The number of nitrogens with zero attached hydrogens (tertiary/aromatic N) is 1. The van der Waals surface area contributed by atoms with Crippen molar-refractivity contribution >= 4 is 12.1 Å². The molecule has 0 atom stereocenters. The molecule has 0 aliphatic carbocycles. The third-order valence-electron chi connectivity index (χ3n) is 4.06. The van der Waals surface area contributed by atoms with Gasteiger partial charge in [0, 0.05) is 5.56 Å². The second-order valence-electron chi connectivity index (χ2n) is 6.36. The van der Waals surface area contributed by atoms with Gasteiger partial charge in [0.2, 0.25) is 0 Å². The minimum absolute atomic E-state index is 0.154. The molecule has 0 fully saturated rings. The van der Waals surface area contributed by atoms with Gasteiger partial charge in [0.15, 0.2) is 6.61 Å². The molecule has 156 valence electrons. The smallest absolute Gasteiger partial charge is 0.277 e. The van der Waals surface area contributed by atoms with Crippen molar-refractivity contribution in [3.05, 3.63) is 90.0 Å². The molecular weight excluding hydrogens is 392 g/mol. The van der Waals surface area contributed by atoms with E-state index in [1.807, 2.05) is 42.5 Å². The highest BCUT2D eigenvalue weighted by Gasteiger charge is 2.04. The largest absolute Gasteiger partial charge is 0.489 e. The summed E-state index contributed by atoms with van der Waals surface area (Å²) in [5, 5.41) is 3.93. The predicted octanol–water partition coefficient (Wildman–Crippen LogP) is 3.81. The van der Waals surface area contributed by atoms with Crippen LogP contribution >= 0.6 is 0 Å². The van der Waals surface area contributed by atoms with Crippen molar-refractivity contribution in [3.63, 3.8) is 0 Å². The summed E-state index contributed by atoms with van der Waals surface area (Å²) in [7, 11) is 0. The summed E-state index contributed by atoms with van der Waals surface area (Å²) in [6, 6.07) is 24.2. The summed E-state index contributed by atoms with van der Waals surface area (Å²) >= 11 is 0. The Kier molecular flexibility index (Phi) is 8.09. The fourth-order valence-corrected chi connectivity index (χ4v) is 2.57. The number of ether oxygens (including phenoxy) is 3. The molecule has 6 nitrogen and oxygen atoms in total. The summed E-state index contributed by atoms with van der Waals surface area (Å²) in [5.41, 5.74) is 4.21. The van der Waals surface area contributed by atoms with Crippen molar-refractivity contribution in [2.24, 2.45) is 5.10 Å². The number of benzene rings is 3. The van der Waals surface area contributed by atoms with Gasteiger partial charge in [-0.25, -0.2) is 5.43 Å². The maximum atomic E-state index is 12.0. The first-order valence-corrected chi connectivity index (χ1v) is 9.61. The number of nitrogens with one attached hydrogen (secondary N) is 1. The van der Waals surface area contributed by atoms with E-state index in [-0.39, 0.29) is 19.1 Å². The van der Waals surface area contributed by atoms with Crippen LogP contribution < -0.4 is 19.6 Å². The molecule has 0 radical (unpaired) electrons. The van der Waals surface area contributed by atoms with Gasteiger partial charge in [-0.05, 0) is 42.0 Å². The van der Waals surface area contributed by atoms with Crippen LogP contribution in [0.25, 0.3) is 0 Å². The summed E-state index contributed by atoms with van der Waals surface area (Å²) in [6.07, 6.45) is 6.70. The van der Waals surface area contributed by atoms with E-state index < -0.39 is 0 Å². The van der Waals surface area contributed by atoms with Crippen LogP contribution in [0.4, 0.5) is 0 Å². The molecular formula is C25H22N2O4. The van der Waals surface area contributed by atoms with Gasteiger partial charge < -0.3 is 14.2 Å². The lowest BCUT2D eigenvalue weighted by Gasteiger charge is -2.08. The molecule has 0 aliphatic rings. The van der Waals surface area contributed by atoms with Gasteiger partial charge in [-0.2, -0.15) is 5.10 Å². The number of hydrazone groups is 1. The van der Waals surface area contributed by atoms with E-state index in [1.54, 1.807) is 36.4 Å². The summed E-state index contributed by atoms with van der Waals surface area (Å²) in [4.78, 5) is 12.0. The van der Waals surface area contributed by atoms with E-state index in [2.05, 4.69) is 16.4 Å². The van der Waals surface area contributed by atoms with Gasteiger partial charge in [0.25, 0.3) is 5.91 Å². The zero-order valence-corrected chi connectivity index (χ0v) is 16.9. The molecule has 31 heavy (non-hydrogen) atoms. The Labute approximate surface area is 181 Å². The van der Waals surface area contributed by atoms with E-state index in [1.165, 1.54) is 6.21 Å². The number of amides is 1. The quantitative estimate of drug-likeness (QED) is 0.311. The van der Waals surface area contributed by atoms with Gasteiger partial charge >= 0.3 is 0 Å². The van der Waals surface area contributed by atoms with Crippen molar-refractivity contribution in [1.82, 2.24) is 5.43 Å². The Morgan fingerprint density at radius 3 is 2.32 bits per heavy atom. The fraction of sp³-hybridized carbons (Fsp3) is 0.120. The zero-order valence-electron chi connectivity index (χ0n) is 16.9. The number of carbonyl (C=O) groups excluding carboxylic acids is 1. The van der Waals surface area contributed by atoms with Crippen LogP contribution in [0.2, 0.25) is 0 Å². The minimum Gasteiger partial charge on any atom is -0.489 e. The molecule has 3 rings (SSSR count). The van der Waals surface area contributed by atoms with Crippen molar-refractivity contribution in [1.29, 1.82) is 0 Å². The van der Waals surface area contributed by atoms with E-state index in [4.69, 9.17) is 20.6 Å². The third-order valence-corrected chi connectivity index (χ3v) is 4.06. The lowest BCUT2D eigenvalue weighted by atomic mass is 10.2. The van der Waals surface area contributed by atoms with Gasteiger partial charge in [-0.3, -0.25) is 4.79 Å². The maximum Gasteiger partial charge on any atom is 0.277 e. The molecule has 0 heterocycles. The monoisotopic (exact) mass is 414 g/mol.